The zero-order valence-corrected chi connectivity index (χ0v) is 12.3. The van der Waals surface area contributed by atoms with E-state index in [1.807, 2.05) is 0 Å². The maximum Gasteiger partial charge on any atom is 0.0964 e. The standard InChI is InChI=1S/C16H28O2/c1-11(2)13-8-9-16(17)14(18-5)7-6-12(3)15(16,4)10-13/h12-14,17H,1,6-10H2,2-5H3/t12-,13+,14+,15+,16-/m0/s1. The van der Waals surface area contributed by atoms with Crippen molar-refractivity contribution in [2.75, 3.05) is 7.11 Å². The normalized spacial score (nSPS) is 48.6. The molecule has 1 N–H and O–H groups in total. The number of methoxy groups -OCH3 is 1. The molecule has 18 heavy (non-hydrogen) atoms. The van der Waals surface area contributed by atoms with Crippen molar-refractivity contribution in [3.05, 3.63) is 12.2 Å². The monoisotopic (exact) mass is 252 g/mol. The summed E-state index contributed by atoms with van der Waals surface area (Å²) in [6.07, 6.45) is 5.10. The topological polar surface area (TPSA) is 29.5 Å². The lowest BCUT2D eigenvalue weighted by atomic mass is 9.50. The first-order valence-corrected chi connectivity index (χ1v) is 7.25. The average Bonchev–Trinajstić information content (AvgIpc) is 2.31. The molecule has 2 aliphatic rings. The van der Waals surface area contributed by atoms with Gasteiger partial charge in [0.05, 0.1) is 11.7 Å². The minimum Gasteiger partial charge on any atom is -0.387 e. The number of allylic oxidation sites excluding steroid dienone is 1. The van der Waals surface area contributed by atoms with E-state index < -0.39 is 5.60 Å². The van der Waals surface area contributed by atoms with E-state index in [2.05, 4.69) is 27.4 Å². The minimum absolute atomic E-state index is 0.00442. The predicted molar refractivity (Wildman–Crippen MR) is 74.4 cm³/mol. The van der Waals surface area contributed by atoms with Gasteiger partial charge in [-0.3, -0.25) is 0 Å². The Morgan fingerprint density at radius 1 is 1.33 bits per heavy atom. The van der Waals surface area contributed by atoms with Crippen LogP contribution in [0.3, 0.4) is 0 Å². The second kappa shape index (κ2) is 4.64. The smallest absolute Gasteiger partial charge is 0.0964 e. The molecule has 0 amide bonds. The molecule has 0 saturated heterocycles. The molecule has 0 bridgehead atoms. The molecule has 5 atom stereocenters. The first-order valence-electron chi connectivity index (χ1n) is 7.25. The van der Waals surface area contributed by atoms with Crippen LogP contribution in [0.2, 0.25) is 0 Å². The molecule has 0 aromatic heterocycles. The van der Waals surface area contributed by atoms with E-state index in [1.165, 1.54) is 5.57 Å². The third kappa shape index (κ3) is 1.85. The van der Waals surface area contributed by atoms with Crippen molar-refractivity contribution in [1.29, 1.82) is 0 Å². The van der Waals surface area contributed by atoms with Crippen molar-refractivity contribution < 1.29 is 9.84 Å². The Balaban J connectivity index is 2.32. The van der Waals surface area contributed by atoms with E-state index >= 15 is 0 Å². The van der Waals surface area contributed by atoms with Crippen LogP contribution in [-0.4, -0.2) is 23.9 Å². The Morgan fingerprint density at radius 2 is 2.00 bits per heavy atom. The van der Waals surface area contributed by atoms with Gasteiger partial charge in [-0.2, -0.15) is 0 Å². The summed E-state index contributed by atoms with van der Waals surface area (Å²) in [5.41, 5.74) is 0.587. The van der Waals surface area contributed by atoms with Crippen LogP contribution in [-0.2, 0) is 4.74 Å². The lowest BCUT2D eigenvalue weighted by Gasteiger charge is -2.59. The van der Waals surface area contributed by atoms with Gasteiger partial charge < -0.3 is 9.84 Å². The van der Waals surface area contributed by atoms with Gasteiger partial charge in [0.2, 0.25) is 0 Å². The Morgan fingerprint density at radius 3 is 2.56 bits per heavy atom. The van der Waals surface area contributed by atoms with Crippen molar-refractivity contribution in [3.8, 4) is 0 Å². The Bertz CT molecular complexity index is 338. The summed E-state index contributed by atoms with van der Waals surface area (Å²) in [4.78, 5) is 0. The number of hydrogen-bond acceptors (Lipinski definition) is 2. The van der Waals surface area contributed by atoms with Gasteiger partial charge in [0.15, 0.2) is 0 Å². The second-order valence-corrected chi connectivity index (χ2v) is 6.83. The van der Waals surface area contributed by atoms with Gasteiger partial charge in [-0.15, -0.1) is 0 Å². The molecular formula is C16H28O2. The predicted octanol–water partition coefficient (Wildman–Crippen LogP) is 3.54. The van der Waals surface area contributed by atoms with Gasteiger partial charge in [-0.1, -0.05) is 26.0 Å². The first-order chi connectivity index (χ1) is 8.35. The van der Waals surface area contributed by atoms with Crippen molar-refractivity contribution in [3.63, 3.8) is 0 Å². The molecule has 0 radical (unpaired) electrons. The van der Waals surface area contributed by atoms with Crippen molar-refractivity contribution >= 4 is 0 Å². The highest BCUT2D eigenvalue weighted by Crippen LogP contribution is 2.58. The van der Waals surface area contributed by atoms with Gasteiger partial charge in [0.25, 0.3) is 0 Å². The highest BCUT2D eigenvalue weighted by Gasteiger charge is 2.59. The van der Waals surface area contributed by atoms with Crippen LogP contribution in [0.4, 0.5) is 0 Å². The number of aliphatic hydroxyl groups is 1. The fraction of sp³-hybridized carbons (Fsp3) is 0.875. The largest absolute Gasteiger partial charge is 0.387 e. The molecule has 2 fully saturated rings. The van der Waals surface area contributed by atoms with Crippen LogP contribution in [0.5, 0.6) is 0 Å². The molecular weight excluding hydrogens is 224 g/mol. The number of rotatable bonds is 2. The third-order valence-electron chi connectivity index (χ3n) is 6.00. The molecule has 2 rings (SSSR count). The molecule has 2 nitrogen and oxygen atoms in total. The highest BCUT2D eigenvalue weighted by atomic mass is 16.5. The average molecular weight is 252 g/mol. The zero-order chi connectivity index (χ0) is 13.6. The van der Waals surface area contributed by atoms with Gasteiger partial charge in [-0.05, 0) is 50.9 Å². The fourth-order valence-electron chi connectivity index (χ4n) is 4.32. The van der Waals surface area contributed by atoms with Crippen molar-refractivity contribution in [2.24, 2.45) is 17.3 Å². The molecule has 0 aliphatic heterocycles. The summed E-state index contributed by atoms with van der Waals surface area (Å²) >= 11 is 0. The summed E-state index contributed by atoms with van der Waals surface area (Å²) in [7, 11) is 1.74. The van der Waals surface area contributed by atoms with Gasteiger partial charge >= 0.3 is 0 Å². The lowest BCUT2D eigenvalue weighted by Crippen LogP contribution is -2.63. The fourth-order valence-corrected chi connectivity index (χ4v) is 4.32. The summed E-state index contributed by atoms with van der Waals surface area (Å²) in [6, 6.07) is 0. The van der Waals surface area contributed by atoms with Crippen molar-refractivity contribution in [1.82, 2.24) is 0 Å². The van der Waals surface area contributed by atoms with Gasteiger partial charge in [-0.25, -0.2) is 0 Å². The van der Waals surface area contributed by atoms with E-state index in [1.54, 1.807) is 7.11 Å². The Hall–Kier alpha value is -0.340. The quantitative estimate of drug-likeness (QED) is 0.762. The third-order valence-corrected chi connectivity index (χ3v) is 6.00. The minimum atomic E-state index is -0.647. The van der Waals surface area contributed by atoms with Crippen LogP contribution in [0.25, 0.3) is 0 Å². The number of ether oxygens (including phenoxy) is 1. The van der Waals surface area contributed by atoms with Crippen molar-refractivity contribution in [2.45, 2.75) is 64.6 Å². The summed E-state index contributed by atoms with van der Waals surface area (Å²) < 4.78 is 5.60. The van der Waals surface area contributed by atoms with Crippen LogP contribution in [0.1, 0.15) is 52.9 Å². The molecule has 0 aromatic rings. The van der Waals surface area contributed by atoms with Gasteiger partial charge in [0.1, 0.15) is 0 Å². The van der Waals surface area contributed by atoms with E-state index in [-0.39, 0.29) is 11.5 Å². The van der Waals surface area contributed by atoms with Crippen LogP contribution in [0.15, 0.2) is 12.2 Å². The maximum atomic E-state index is 11.2. The Labute approximate surface area is 111 Å². The zero-order valence-electron chi connectivity index (χ0n) is 12.3. The van der Waals surface area contributed by atoms with E-state index in [0.29, 0.717) is 11.8 Å². The lowest BCUT2D eigenvalue weighted by molar-refractivity contribution is -0.229. The molecule has 104 valence electrons. The summed E-state index contributed by atoms with van der Waals surface area (Å²) in [5.74, 6) is 1.12. The molecule has 0 unspecified atom stereocenters. The molecule has 2 aliphatic carbocycles. The maximum absolute atomic E-state index is 11.2. The second-order valence-electron chi connectivity index (χ2n) is 6.83. The van der Waals surface area contributed by atoms with Crippen LogP contribution >= 0.6 is 0 Å². The van der Waals surface area contributed by atoms with Crippen LogP contribution < -0.4 is 0 Å². The molecule has 0 spiro atoms. The number of fused-ring (bicyclic) bond motifs is 1. The van der Waals surface area contributed by atoms with E-state index in [4.69, 9.17) is 4.74 Å². The number of hydrogen-bond donors (Lipinski definition) is 1. The molecule has 2 heteroatoms. The van der Waals surface area contributed by atoms with Gasteiger partial charge in [0, 0.05) is 12.5 Å². The highest BCUT2D eigenvalue weighted by molar-refractivity contribution is 5.14. The molecule has 0 aromatic carbocycles. The van der Waals surface area contributed by atoms with E-state index in [9.17, 15) is 5.11 Å². The van der Waals surface area contributed by atoms with Crippen LogP contribution in [0, 0.1) is 17.3 Å². The summed E-state index contributed by atoms with van der Waals surface area (Å²) in [5, 5.41) is 11.2. The first kappa shape index (κ1) is 14.1. The Kier molecular flexibility index (Phi) is 3.63. The SMILES string of the molecule is C=C(C)[C@@H]1CC[C@]2(O)[C@H](OC)CC[C@H](C)[C@@]2(C)C1. The summed E-state index contributed by atoms with van der Waals surface area (Å²) in [6.45, 7) is 10.8. The van der Waals surface area contributed by atoms with E-state index in [0.717, 1.165) is 32.1 Å². The molecule has 0 heterocycles. The molecule has 2 saturated carbocycles.